The molecule has 21 nitrogen and oxygen atoms in total. The Labute approximate surface area is 615 Å². The van der Waals surface area contributed by atoms with Crippen molar-refractivity contribution in [3.8, 4) is 11.5 Å². The van der Waals surface area contributed by atoms with Gasteiger partial charge in [-0.25, -0.2) is 42.8 Å². The molecule has 4 bridgehead atoms. The van der Waals surface area contributed by atoms with Crippen LogP contribution in [-0.2, 0) is 72.9 Å². The number of nitrogens with one attached hydrogen (secondary N) is 2. The molecule has 102 heavy (non-hydrogen) atoms. The summed E-state index contributed by atoms with van der Waals surface area (Å²) in [7, 11) is -8.69. The van der Waals surface area contributed by atoms with Gasteiger partial charge in [-0.3, -0.25) is 14.3 Å². The van der Waals surface area contributed by atoms with E-state index in [-0.39, 0.29) is 91.4 Å². The lowest BCUT2D eigenvalue weighted by atomic mass is 9.63. The molecule has 0 saturated heterocycles. The third-order valence-corrected chi connectivity index (χ3v) is 33.1. The number of aryl methyl sites for hydroxylation is 2. The number of benzene rings is 4. The number of methoxy groups -OCH3 is 2. The molecule has 4 aliphatic carbocycles. The fourth-order valence-electron chi connectivity index (χ4n) is 17.6. The largest absolute Gasteiger partial charge is 0.490 e. The number of carbonyl (C=O) groups excluding carboxylic acids is 2. The Morgan fingerprint density at radius 1 is 0.588 bits per heavy atom. The zero-order valence-electron chi connectivity index (χ0n) is 60.4. The van der Waals surface area contributed by atoms with Crippen molar-refractivity contribution in [3.05, 3.63) is 116 Å². The molecule has 2 spiro atoms. The van der Waals surface area contributed by atoms with Gasteiger partial charge in [0, 0.05) is 105 Å². The van der Waals surface area contributed by atoms with Crippen LogP contribution in [0.25, 0.3) is 0 Å². The molecule has 0 aromatic heterocycles. The van der Waals surface area contributed by atoms with Gasteiger partial charge >= 0.3 is 0 Å². The van der Waals surface area contributed by atoms with Gasteiger partial charge < -0.3 is 39.0 Å². The van der Waals surface area contributed by atoms with E-state index in [0.717, 1.165) is 57.1 Å². The van der Waals surface area contributed by atoms with Gasteiger partial charge in [-0.2, -0.15) is 0 Å². The minimum absolute atomic E-state index is 0.00562. The average molecular weight is 1530 g/mol. The highest BCUT2D eigenvalue weighted by Crippen LogP contribution is 2.52. The van der Waals surface area contributed by atoms with Crippen LogP contribution in [0.2, 0.25) is 10.0 Å². The molecule has 564 valence electrons. The lowest BCUT2D eigenvalue weighted by Crippen LogP contribution is -2.56. The zero-order valence-corrected chi connectivity index (χ0v) is 65.2. The molecule has 13 atom stereocenters. The Hall–Kier alpha value is -4.77. The van der Waals surface area contributed by atoms with Crippen molar-refractivity contribution in [2.24, 2.45) is 35.5 Å². The van der Waals surface area contributed by atoms with Crippen LogP contribution in [0.5, 0.6) is 11.5 Å². The van der Waals surface area contributed by atoms with E-state index in [4.69, 9.17) is 42.1 Å². The molecule has 2 saturated carbocycles. The Bertz CT molecular complexity index is 3950. The van der Waals surface area contributed by atoms with Crippen molar-refractivity contribution >= 4 is 92.0 Å². The monoisotopic (exact) mass is 1530 g/mol. The van der Waals surface area contributed by atoms with Crippen molar-refractivity contribution in [1.82, 2.24) is 18.1 Å². The molecule has 8 aliphatic rings. The van der Waals surface area contributed by atoms with Gasteiger partial charge in [0.2, 0.25) is 30.1 Å². The SMILES string of the molecule is C=S1(=O)NC(=O)c2ccc3c(c2)N(C[C@@H]2CC[C@H]2[C@@](O)(CS(=O)(=O)N(C)CCOC)CCC[C@H](C)[C@H]1C)C[C@@]1(CCCc2cc(Cl)ccc21)CO3.COCCN(C)S(=O)(=O)C[C@]1(O)CCC[C@H](C)[C@@H](C)S(=O)(=O)NC(=O)c2ccc3c(c2)N(C[C@@H]2CC[C@H]21)C[C@@]1(CCCc2cc(Cl)ccc21)CO3. The number of rotatable bonds is 12. The molecule has 2 fully saturated rings. The molecule has 4 heterocycles. The number of hydrogen-bond donors (Lipinski definition) is 4. The van der Waals surface area contributed by atoms with E-state index in [0.29, 0.717) is 111 Å². The van der Waals surface area contributed by atoms with Gasteiger partial charge in [0.25, 0.3) is 11.8 Å². The standard InChI is InChI=1S/C38H54ClN3O7S2.C37H52ClN3O8S2/c1-26-8-6-17-38(44,25-51(46,47)41(3)18-19-48-4)33-13-10-30(33)22-42-23-37(16-7-9-28-20-31(39)12-14-32(28)37)24-49-35-15-11-29(21-34(35)42)36(43)40-50(5,45)27(26)2;1-25-7-5-16-37(43,24-50(44,45)40(3)17-18-48-4)32-12-9-29(32)21-41-22-36(15-6-8-27-19-30(38)11-13-31(27)36)23-49-34-14-10-28(20-33(34)41)35(42)39-51(46,47)26(25)2/h11-12,14-15,20-21,26-27,30,33,44H,5-10,13,16-19,22-25H2,1-4H3,(H,40,43,45);10-11,13-14,19-20,25-26,29,32,43H,5-9,12,15-18,21-24H2,1-4H3,(H,39,42)/t26-,27+,30-,33+,37-,38-,50?;25-,26+,29-,32+,36-,37+/m00/s1. The minimum Gasteiger partial charge on any atom is -0.490 e. The summed E-state index contributed by atoms with van der Waals surface area (Å²) in [6, 6.07) is 22.5. The molecular formula is C75H106Cl2N6O15S4. The number of aliphatic hydroxyl groups is 2. The van der Waals surface area contributed by atoms with E-state index in [2.05, 4.69) is 43.3 Å². The molecule has 4 aromatic carbocycles. The Balaban J connectivity index is 0.000000205. The first kappa shape index (κ1) is 78.3. The second-order valence-corrected chi connectivity index (χ2v) is 40.6. The van der Waals surface area contributed by atoms with Crippen LogP contribution in [-0.4, -0.2) is 193 Å². The summed E-state index contributed by atoms with van der Waals surface area (Å²) >= 11 is 12.9. The predicted molar refractivity (Wildman–Crippen MR) is 403 cm³/mol. The third-order valence-electron chi connectivity index (χ3n) is 24.5. The smallest absolute Gasteiger partial charge is 0.264 e. The molecule has 12 rings (SSSR count). The third kappa shape index (κ3) is 16.7. The number of anilines is 2. The van der Waals surface area contributed by atoms with Crippen molar-refractivity contribution in [3.63, 3.8) is 0 Å². The number of nitrogens with zero attached hydrogens (tertiary/aromatic N) is 4. The van der Waals surface area contributed by atoms with Crippen LogP contribution < -0.4 is 28.7 Å². The van der Waals surface area contributed by atoms with Crippen LogP contribution in [0.4, 0.5) is 11.4 Å². The van der Waals surface area contributed by atoms with Gasteiger partial charge in [-0.05, 0) is 228 Å². The van der Waals surface area contributed by atoms with Crippen LogP contribution in [0.15, 0.2) is 72.8 Å². The van der Waals surface area contributed by atoms with Gasteiger partial charge in [-0.1, -0.05) is 62.0 Å². The van der Waals surface area contributed by atoms with Gasteiger partial charge in [0.15, 0.2) is 0 Å². The Morgan fingerprint density at radius 2 is 1.01 bits per heavy atom. The second-order valence-electron chi connectivity index (χ2n) is 31.1. The van der Waals surface area contributed by atoms with Crippen molar-refractivity contribution in [1.29, 1.82) is 0 Å². The summed E-state index contributed by atoms with van der Waals surface area (Å²) in [5, 5.41) is 25.1. The van der Waals surface area contributed by atoms with Crippen LogP contribution >= 0.6 is 23.2 Å². The maximum atomic E-state index is 13.9. The summed E-state index contributed by atoms with van der Waals surface area (Å²) < 4.78 is 127. The number of likely N-dealkylation sites (N-methyl/N-ethyl adjacent to an activating group) is 2. The quantitative estimate of drug-likeness (QED) is 0.0961. The molecule has 27 heteroatoms. The van der Waals surface area contributed by atoms with Crippen LogP contribution in [0.3, 0.4) is 0 Å². The van der Waals surface area contributed by atoms with Crippen LogP contribution in [0, 0.1) is 35.5 Å². The summed E-state index contributed by atoms with van der Waals surface area (Å²) in [5.41, 5.74) is 3.04. The first-order valence-electron chi connectivity index (χ1n) is 36.3. The number of amides is 2. The van der Waals surface area contributed by atoms with E-state index >= 15 is 0 Å². The lowest BCUT2D eigenvalue weighted by Gasteiger charge is -2.50. The first-order valence-corrected chi connectivity index (χ1v) is 43.6. The molecule has 4 aliphatic heterocycles. The molecular weight excluding hydrogens is 1420 g/mol. The van der Waals surface area contributed by atoms with E-state index in [1.165, 1.54) is 59.2 Å². The van der Waals surface area contributed by atoms with Gasteiger partial charge in [0.05, 0.1) is 75.5 Å². The molecule has 0 radical (unpaired) electrons. The maximum absolute atomic E-state index is 13.9. The van der Waals surface area contributed by atoms with E-state index in [1.807, 2.05) is 51.1 Å². The highest BCUT2D eigenvalue weighted by atomic mass is 35.5. The van der Waals surface area contributed by atoms with E-state index in [1.54, 1.807) is 31.2 Å². The van der Waals surface area contributed by atoms with E-state index < -0.39 is 84.5 Å². The van der Waals surface area contributed by atoms with Crippen molar-refractivity contribution in [2.45, 2.75) is 163 Å². The fraction of sp³-hybridized carbons (Fsp3) is 0.640. The fourth-order valence-corrected chi connectivity index (χ4v) is 23.9. The number of sulfonamides is 3. The van der Waals surface area contributed by atoms with Gasteiger partial charge in [0.1, 0.15) is 11.5 Å². The number of fused-ring (bicyclic) bond motifs is 8. The van der Waals surface area contributed by atoms with Gasteiger partial charge in [-0.15, -0.1) is 0 Å². The average Bonchev–Trinajstić information content (AvgIpc) is 1.10. The highest BCUT2D eigenvalue weighted by Gasteiger charge is 2.54. The summed E-state index contributed by atoms with van der Waals surface area (Å²) in [6.45, 7) is 11.1. The lowest BCUT2D eigenvalue weighted by molar-refractivity contribution is -0.0728. The number of ether oxygens (including phenoxy) is 4. The number of halogens is 2. The highest BCUT2D eigenvalue weighted by molar-refractivity contribution is 7.99. The summed E-state index contributed by atoms with van der Waals surface area (Å²) in [5.74, 6) is 2.21. The minimum atomic E-state index is -4.06. The zero-order chi connectivity index (χ0) is 73.5. The molecule has 2 amide bonds. The summed E-state index contributed by atoms with van der Waals surface area (Å²) in [6.07, 6.45) is 11.1. The van der Waals surface area contributed by atoms with Crippen molar-refractivity contribution in [2.75, 3.05) is 115 Å². The first-order chi connectivity index (χ1) is 48.1. The number of hydrogen-bond acceptors (Lipinski definition) is 17. The maximum Gasteiger partial charge on any atom is 0.264 e. The molecule has 4 aromatic rings. The molecule has 4 N–H and O–H groups in total. The van der Waals surface area contributed by atoms with Crippen molar-refractivity contribution < 1.29 is 68.2 Å². The van der Waals surface area contributed by atoms with Crippen LogP contribution in [0.1, 0.15) is 161 Å². The Kier molecular flexibility index (Phi) is 24.0. The Morgan fingerprint density at radius 3 is 1.42 bits per heavy atom. The number of carbonyl (C=O) groups is 2. The normalized spacial score (nSPS) is 32.1. The topological polar surface area (TPSA) is 268 Å². The summed E-state index contributed by atoms with van der Waals surface area (Å²) in [4.78, 5) is 31.8. The van der Waals surface area contributed by atoms with E-state index in [9.17, 15) is 49.3 Å². The second kappa shape index (κ2) is 31.2. The molecule has 1 unspecified atom stereocenters. The predicted octanol–water partition coefficient (Wildman–Crippen LogP) is 9.79.